The first-order valence-corrected chi connectivity index (χ1v) is 7.74. The van der Waals surface area contributed by atoms with Crippen LogP contribution in [0.2, 0.25) is 0 Å². The Morgan fingerprint density at radius 2 is 1.86 bits per heavy atom. The summed E-state index contributed by atoms with van der Waals surface area (Å²) in [5.41, 5.74) is -0.421. The molecule has 0 bridgehead atoms. The van der Waals surface area contributed by atoms with Crippen LogP contribution in [0.5, 0.6) is 0 Å². The number of amides is 1. The van der Waals surface area contributed by atoms with Crippen LogP contribution in [0.25, 0.3) is 0 Å². The van der Waals surface area contributed by atoms with E-state index < -0.39 is 5.60 Å². The minimum absolute atomic E-state index is 0.200. The highest BCUT2D eigenvalue weighted by molar-refractivity contribution is 5.68. The Bertz CT molecular complexity index is 310. The molecule has 1 heterocycles. The van der Waals surface area contributed by atoms with Crippen molar-refractivity contribution in [2.75, 3.05) is 53.0 Å². The van der Waals surface area contributed by atoms with Crippen molar-refractivity contribution >= 4 is 6.09 Å². The second-order valence-electron chi connectivity index (χ2n) is 6.62. The lowest BCUT2D eigenvalue weighted by atomic mass is 10.2. The molecule has 1 aliphatic rings. The summed E-state index contributed by atoms with van der Waals surface area (Å²) in [5, 5.41) is 3.42. The predicted molar refractivity (Wildman–Crippen MR) is 83.6 cm³/mol. The first-order valence-electron chi connectivity index (χ1n) is 7.74. The van der Waals surface area contributed by atoms with E-state index in [2.05, 4.69) is 17.1 Å². The first-order chi connectivity index (χ1) is 9.81. The fraction of sp³-hybridized carbons (Fsp3) is 0.933. The SMILES string of the molecule is COCC(C)NCCN1CCN(C(=O)OC(C)(C)C)CC1. The lowest BCUT2D eigenvalue weighted by molar-refractivity contribution is 0.0145. The fourth-order valence-electron chi connectivity index (χ4n) is 2.26. The number of carbonyl (C=O) groups excluding carboxylic acids is 1. The molecule has 0 saturated carbocycles. The summed E-state index contributed by atoms with van der Waals surface area (Å²) < 4.78 is 10.5. The molecule has 0 radical (unpaired) electrons. The molecular weight excluding hydrogens is 270 g/mol. The lowest BCUT2D eigenvalue weighted by Crippen LogP contribution is -2.51. The van der Waals surface area contributed by atoms with E-state index in [1.54, 1.807) is 12.0 Å². The lowest BCUT2D eigenvalue weighted by Gasteiger charge is -2.35. The molecule has 6 heteroatoms. The summed E-state index contributed by atoms with van der Waals surface area (Å²) in [4.78, 5) is 16.1. The van der Waals surface area contributed by atoms with E-state index in [0.29, 0.717) is 6.04 Å². The average Bonchev–Trinajstić information content (AvgIpc) is 2.38. The molecule has 1 saturated heterocycles. The van der Waals surface area contributed by atoms with Gasteiger partial charge in [-0.05, 0) is 27.7 Å². The van der Waals surface area contributed by atoms with E-state index in [0.717, 1.165) is 45.9 Å². The number of nitrogens with zero attached hydrogens (tertiary/aromatic N) is 2. The summed E-state index contributed by atoms with van der Waals surface area (Å²) in [6.45, 7) is 13.8. The summed E-state index contributed by atoms with van der Waals surface area (Å²) in [7, 11) is 1.72. The van der Waals surface area contributed by atoms with Crippen molar-refractivity contribution in [3.63, 3.8) is 0 Å². The molecule has 0 aliphatic carbocycles. The first kappa shape index (κ1) is 18.2. The summed E-state index contributed by atoms with van der Waals surface area (Å²) >= 11 is 0. The topological polar surface area (TPSA) is 54.0 Å². The van der Waals surface area contributed by atoms with Crippen molar-refractivity contribution in [1.82, 2.24) is 15.1 Å². The van der Waals surface area contributed by atoms with Gasteiger partial charge in [0.15, 0.2) is 0 Å². The van der Waals surface area contributed by atoms with Gasteiger partial charge in [-0.25, -0.2) is 4.79 Å². The van der Waals surface area contributed by atoms with Crippen LogP contribution in [0.3, 0.4) is 0 Å². The zero-order valence-electron chi connectivity index (χ0n) is 14.1. The van der Waals surface area contributed by atoms with Crippen molar-refractivity contribution in [2.45, 2.75) is 39.3 Å². The second-order valence-corrected chi connectivity index (χ2v) is 6.62. The van der Waals surface area contributed by atoms with E-state index in [1.165, 1.54) is 0 Å². The largest absolute Gasteiger partial charge is 0.444 e. The molecule has 1 rings (SSSR count). The van der Waals surface area contributed by atoms with Crippen LogP contribution < -0.4 is 5.32 Å². The van der Waals surface area contributed by atoms with E-state index in [9.17, 15) is 4.79 Å². The van der Waals surface area contributed by atoms with Gasteiger partial charge in [-0.1, -0.05) is 0 Å². The molecule has 1 amide bonds. The highest BCUT2D eigenvalue weighted by Crippen LogP contribution is 2.11. The molecule has 1 unspecified atom stereocenters. The number of carbonyl (C=O) groups is 1. The van der Waals surface area contributed by atoms with Crippen LogP contribution in [0.4, 0.5) is 4.79 Å². The number of methoxy groups -OCH3 is 1. The van der Waals surface area contributed by atoms with Gasteiger partial charge >= 0.3 is 6.09 Å². The number of hydrogen-bond acceptors (Lipinski definition) is 5. The van der Waals surface area contributed by atoms with Crippen molar-refractivity contribution in [3.05, 3.63) is 0 Å². The van der Waals surface area contributed by atoms with Crippen LogP contribution in [0, 0.1) is 0 Å². The maximum atomic E-state index is 12.0. The number of rotatable bonds is 6. The molecule has 6 nitrogen and oxygen atoms in total. The Balaban J connectivity index is 2.19. The summed E-state index contributed by atoms with van der Waals surface area (Å²) in [6.07, 6.45) is -0.200. The third kappa shape index (κ3) is 7.64. The maximum Gasteiger partial charge on any atom is 0.410 e. The van der Waals surface area contributed by atoms with Crippen molar-refractivity contribution in [3.8, 4) is 0 Å². The number of ether oxygens (including phenoxy) is 2. The van der Waals surface area contributed by atoms with Crippen molar-refractivity contribution in [1.29, 1.82) is 0 Å². The Labute approximate surface area is 128 Å². The Morgan fingerprint density at radius 3 is 2.38 bits per heavy atom. The molecule has 0 aromatic heterocycles. The molecule has 124 valence electrons. The molecule has 0 aromatic carbocycles. The predicted octanol–water partition coefficient (Wildman–Crippen LogP) is 1.16. The van der Waals surface area contributed by atoms with Gasteiger partial charge < -0.3 is 19.7 Å². The molecule has 0 spiro atoms. The monoisotopic (exact) mass is 301 g/mol. The van der Waals surface area contributed by atoms with E-state index in [4.69, 9.17) is 9.47 Å². The molecular formula is C15H31N3O3. The number of hydrogen-bond donors (Lipinski definition) is 1. The smallest absolute Gasteiger partial charge is 0.410 e. The van der Waals surface area contributed by atoms with E-state index in [1.807, 2.05) is 20.8 Å². The molecule has 0 aromatic rings. The third-order valence-corrected chi connectivity index (χ3v) is 3.36. The molecule has 1 aliphatic heterocycles. The van der Waals surface area contributed by atoms with Crippen LogP contribution in [0.1, 0.15) is 27.7 Å². The van der Waals surface area contributed by atoms with Crippen molar-refractivity contribution < 1.29 is 14.3 Å². The van der Waals surface area contributed by atoms with E-state index >= 15 is 0 Å². The Kier molecular flexibility index (Phi) is 7.42. The zero-order valence-corrected chi connectivity index (χ0v) is 14.1. The van der Waals surface area contributed by atoms with Gasteiger partial charge in [0.25, 0.3) is 0 Å². The van der Waals surface area contributed by atoms with Gasteiger partial charge in [0.2, 0.25) is 0 Å². The van der Waals surface area contributed by atoms with Crippen LogP contribution >= 0.6 is 0 Å². The average molecular weight is 301 g/mol. The van der Waals surface area contributed by atoms with Gasteiger partial charge in [-0.3, -0.25) is 4.90 Å². The standard InChI is InChI=1S/C15H31N3O3/c1-13(12-20-5)16-6-7-17-8-10-18(11-9-17)14(19)21-15(2,3)4/h13,16H,6-12H2,1-5H3. The summed E-state index contributed by atoms with van der Waals surface area (Å²) in [6, 6.07) is 0.373. The van der Waals surface area contributed by atoms with Gasteiger partial charge in [0, 0.05) is 52.4 Å². The summed E-state index contributed by atoms with van der Waals surface area (Å²) in [5.74, 6) is 0. The molecule has 1 N–H and O–H groups in total. The number of piperazine rings is 1. The quantitative estimate of drug-likeness (QED) is 0.798. The third-order valence-electron chi connectivity index (χ3n) is 3.36. The maximum absolute atomic E-state index is 12.0. The van der Waals surface area contributed by atoms with Gasteiger partial charge in [-0.2, -0.15) is 0 Å². The molecule has 1 atom stereocenters. The van der Waals surface area contributed by atoms with Crippen LogP contribution in [-0.4, -0.2) is 80.5 Å². The Hall–Kier alpha value is -0.850. The van der Waals surface area contributed by atoms with E-state index in [-0.39, 0.29) is 6.09 Å². The molecule has 1 fully saturated rings. The second kappa shape index (κ2) is 8.56. The molecule has 21 heavy (non-hydrogen) atoms. The van der Waals surface area contributed by atoms with Crippen LogP contribution in [-0.2, 0) is 9.47 Å². The highest BCUT2D eigenvalue weighted by Gasteiger charge is 2.25. The minimum Gasteiger partial charge on any atom is -0.444 e. The van der Waals surface area contributed by atoms with Gasteiger partial charge in [0.05, 0.1) is 6.61 Å². The minimum atomic E-state index is -0.421. The Morgan fingerprint density at radius 1 is 1.24 bits per heavy atom. The highest BCUT2D eigenvalue weighted by atomic mass is 16.6. The van der Waals surface area contributed by atoms with Gasteiger partial charge in [0.1, 0.15) is 5.60 Å². The fourth-order valence-corrected chi connectivity index (χ4v) is 2.26. The number of nitrogens with one attached hydrogen (secondary N) is 1. The van der Waals surface area contributed by atoms with Crippen LogP contribution in [0.15, 0.2) is 0 Å². The normalized spacial score (nSPS) is 18.6. The zero-order chi connectivity index (χ0) is 15.9. The van der Waals surface area contributed by atoms with Crippen molar-refractivity contribution in [2.24, 2.45) is 0 Å². The van der Waals surface area contributed by atoms with Gasteiger partial charge in [-0.15, -0.1) is 0 Å².